The van der Waals surface area contributed by atoms with E-state index in [1.54, 1.807) is 43.6 Å². The van der Waals surface area contributed by atoms with Gasteiger partial charge in [-0.1, -0.05) is 12.1 Å². The van der Waals surface area contributed by atoms with Crippen LogP contribution in [-0.4, -0.2) is 18.4 Å². The van der Waals surface area contributed by atoms with Crippen LogP contribution in [-0.2, 0) is 4.57 Å². The van der Waals surface area contributed by atoms with Gasteiger partial charge in [-0.15, -0.1) is 0 Å². The smallest absolute Gasteiger partial charge is 0.339 e. The Hall–Kier alpha value is -1.52. The number of benzene rings is 2. The highest BCUT2D eigenvalue weighted by Gasteiger charge is 2.11. The number of H-pyrrole nitrogens is 1. The lowest BCUT2D eigenvalue weighted by atomic mass is 10.0. The minimum absolute atomic E-state index is 0.332. The van der Waals surface area contributed by atoms with Gasteiger partial charge in [0.15, 0.2) is 6.29 Å². The van der Waals surface area contributed by atoms with E-state index >= 15 is 0 Å². The molecular weight excluding hydrogens is 411 g/mol. The highest BCUT2D eigenvalue weighted by molar-refractivity contribution is 8.24. The van der Waals surface area contributed by atoms with E-state index in [9.17, 15) is 13.8 Å². The first-order valence-corrected chi connectivity index (χ1v) is 11.2. The predicted molar refractivity (Wildman–Crippen MR) is 101 cm³/mol. The number of carbonyl (C=O) groups excluding carboxylic acids is 1. The van der Waals surface area contributed by atoms with Gasteiger partial charge < -0.3 is 9.72 Å². The summed E-state index contributed by atoms with van der Waals surface area (Å²) in [5, 5.41) is -2.51. The van der Waals surface area contributed by atoms with Gasteiger partial charge in [0.2, 0.25) is 0 Å². The molecule has 0 aliphatic rings. The first-order valence-electron chi connectivity index (χ1n) is 6.82. The molecule has 3 aromatic rings. The van der Waals surface area contributed by atoms with Gasteiger partial charge in [0, 0.05) is 28.2 Å². The normalized spacial score (nSPS) is 10.9. The molecule has 9 heteroatoms. The molecule has 0 amide bonds. The molecule has 3 rings (SSSR count). The number of halogens is 4. The lowest BCUT2D eigenvalue weighted by molar-refractivity contribution is 0.112. The van der Waals surface area contributed by atoms with Crippen molar-refractivity contribution in [1.29, 1.82) is 0 Å². The Morgan fingerprint density at radius 3 is 2.28 bits per heavy atom. The summed E-state index contributed by atoms with van der Waals surface area (Å²) < 4.78 is 28.8. The van der Waals surface area contributed by atoms with Gasteiger partial charge in [0.1, 0.15) is 11.6 Å². The molecule has 0 fully saturated rings. The molecule has 0 spiro atoms. The number of fused-ring (bicyclic) bond motifs is 1. The Kier molecular flexibility index (Phi) is 6.53. The summed E-state index contributed by atoms with van der Waals surface area (Å²) in [7, 11) is 1.58. The third-order valence-electron chi connectivity index (χ3n) is 3.33. The summed E-state index contributed by atoms with van der Waals surface area (Å²) in [4.78, 5) is 13.9. The summed E-state index contributed by atoms with van der Waals surface area (Å²) >= 11 is 13.8. The highest BCUT2D eigenvalue weighted by atomic mass is 36.0. The van der Waals surface area contributed by atoms with Crippen molar-refractivity contribution in [3.8, 4) is 16.9 Å². The zero-order valence-electron chi connectivity index (χ0n) is 12.8. The molecule has 1 N–H and O–H groups in total. The standard InChI is InChI=1S/C16H12FNO2.Cl3OP/c1-20-12-4-2-10(3-5-12)13-6-14-11(9-19)8-18-16(14)7-15(13)17;1-5(2,3)4/h2-9,18H,1H3;. The van der Waals surface area contributed by atoms with E-state index in [0.717, 1.165) is 11.8 Å². The van der Waals surface area contributed by atoms with Gasteiger partial charge in [-0.25, -0.2) is 4.39 Å². The average molecular weight is 423 g/mol. The van der Waals surface area contributed by atoms with Crippen LogP contribution in [0.25, 0.3) is 22.0 Å². The van der Waals surface area contributed by atoms with Crippen LogP contribution in [0, 0.1) is 5.82 Å². The van der Waals surface area contributed by atoms with E-state index in [1.165, 1.54) is 6.07 Å². The minimum Gasteiger partial charge on any atom is -0.497 e. The predicted octanol–water partition coefficient (Wildman–Crippen LogP) is 6.61. The number of aldehydes is 1. The Bertz CT molecular complexity index is 929. The Balaban J connectivity index is 0.000000399. The Morgan fingerprint density at radius 2 is 1.76 bits per heavy atom. The average Bonchev–Trinajstić information content (AvgIpc) is 2.94. The van der Waals surface area contributed by atoms with E-state index in [4.69, 9.17) is 4.74 Å². The second-order valence-electron chi connectivity index (χ2n) is 4.87. The Labute approximate surface area is 157 Å². The van der Waals surface area contributed by atoms with Crippen LogP contribution in [0.3, 0.4) is 0 Å². The van der Waals surface area contributed by atoms with Crippen molar-refractivity contribution in [1.82, 2.24) is 4.98 Å². The lowest BCUT2D eigenvalue weighted by Crippen LogP contribution is -1.87. The maximum atomic E-state index is 14.2. The number of aromatic nitrogens is 1. The second-order valence-corrected chi connectivity index (χ2v) is 11.5. The van der Waals surface area contributed by atoms with Crippen molar-refractivity contribution in [3.63, 3.8) is 0 Å². The van der Waals surface area contributed by atoms with Crippen LogP contribution in [0.1, 0.15) is 10.4 Å². The number of methoxy groups -OCH3 is 1. The van der Waals surface area contributed by atoms with Crippen LogP contribution in [0.5, 0.6) is 5.75 Å². The molecule has 2 aromatic carbocycles. The topological polar surface area (TPSA) is 59.2 Å². The highest BCUT2D eigenvalue weighted by Crippen LogP contribution is 2.61. The van der Waals surface area contributed by atoms with Crippen molar-refractivity contribution in [2.24, 2.45) is 0 Å². The van der Waals surface area contributed by atoms with E-state index < -0.39 is 5.20 Å². The first-order chi connectivity index (χ1) is 11.7. The molecule has 25 heavy (non-hydrogen) atoms. The molecular formula is C16H12Cl3FNO3P. The molecule has 0 saturated carbocycles. The molecule has 0 aliphatic heterocycles. The van der Waals surface area contributed by atoms with Gasteiger partial charge in [0.05, 0.1) is 7.11 Å². The number of ether oxygens (including phenoxy) is 1. The van der Waals surface area contributed by atoms with Gasteiger partial charge >= 0.3 is 5.20 Å². The molecule has 0 unspecified atom stereocenters. The van der Waals surface area contributed by atoms with Crippen molar-refractivity contribution < 1.29 is 18.5 Å². The summed E-state index contributed by atoms with van der Waals surface area (Å²) in [6.07, 6.45) is 2.34. The van der Waals surface area contributed by atoms with Crippen LogP contribution in [0.2, 0.25) is 0 Å². The Morgan fingerprint density at radius 1 is 1.16 bits per heavy atom. The van der Waals surface area contributed by atoms with Crippen LogP contribution in [0.15, 0.2) is 42.6 Å². The fourth-order valence-corrected chi connectivity index (χ4v) is 2.25. The van der Waals surface area contributed by atoms with E-state index in [-0.39, 0.29) is 5.82 Å². The number of rotatable bonds is 3. The van der Waals surface area contributed by atoms with E-state index in [2.05, 4.69) is 38.7 Å². The maximum Gasteiger partial charge on any atom is 0.339 e. The SMILES string of the molecule is COc1ccc(-c2cc3c(C=O)c[nH]c3cc2F)cc1.O=P(Cl)(Cl)Cl. The third kappa shape index (κ3) is 5.48. The fraction of sp³-hybridized carbons (Fsp3) is 0.0625. The molecule has 4 nitrogen and oxygen atoms in total. The summed E-state index contributed by atoms with van der Waals surface area (Å²) in [6.45, 7) is 0. The number of carbonyl (C=O) groups is 1. The zero-order chi connectivity index (χ0) is 18.6. The molecule has 1 heterocycles. The summed E-state index contributed by atoms with van der Waals surface area (Å²) in [5.41, 5.74) is 2.34. The van der Waals surface area contributed by atoms with Crippen molar-refractivity contribution in [2.75, 3.05) is 7.11 Å². The van der Waals surface area contributed by atoms with Crippen LogP contribution >= 0.6 is 38.9 Å². The molecule has 0 bridgehead atoms. The number of hydrogen-bond donors (Lipinski definition) is 1. The first kappa shape index (κ1) is 19.8. The van der Waals surface area contributed by atoms with E-state index in [0.29, 0.717) is 27.8 Å². The van der Waals surface area contributed by atoms with Gasteiger partial charge in [0.25, 0.3) is 0 Å². The van der Waals surface area contributed by atoms with Gasteiger partial charge in [-0.3, -0.25) is 9.36 Å². The van der Waals surface area contributed by atoms with Crippen LogP contribution in [0.4, 0.5) is 4.39 Å². The quantitative estimate of drug-likeness (QED) is 0.382. The van der Waals surface area contributed by atoms with Gasteiger partial charge in [-0.05, 0) is 63.6 Å². The second kappa shape index (κ2) is 8.24. The number of hydrogen-bond acceptors (Lipinski definition) is 3. The molecule has 0 atom stereocenters. The van der Waals surface area contributed by atoms with E-state index in [1.807, 2.05) is 0 Å². The molecule has 1 aromatic heterocycles. The van der Waals surface area contributed by atoms with Crippen molar-refractivity contribution in [2.45, 2.75) is 0 Å². The fourth-order valence-electron chi connectivity index (χ4n) is 2.25. The van der Waals surface area contributed by atoms with Crippen molar-refractivity contribution in [3.05, 3.63) is 54.0 Å². The van der Waals surface area contributed by atoms with Crippen molar-refractivity contribution >= 4 is 56.1 Å². The van der Waals surface area contributed by atoms with Gasteiger partial charge in [-0.2, -0.15) is 0 Å². The largest absolute Gasteiger partial charge is 0.497 e. The van der Waals surface area contributed by atoms with Crippen LogP contribution < -0.4 is 4.74 Å². The molecule has 0 radical (unpaired) electrons. The monoisotopic (exact) mass is 421 g/mol. The molecule has 0 saturated heterocycles. The molecule has 0 aliphatic carbocycles. The third-order valence-corrected chi connectivity index (χ3v) is 3.33. The summed E-state index contributed by atoms with van der Waals surface area (Å²) in [6, 6.07) is 10.2. The number of nitrogens with one attached hydrogen (secondary N) is 1. The zero-order valence-corrected chi connectivity index (χ0v) is 16.0. The maximum absolute atomic E-state index is 14.2. The molecule has 132 valence electrons. The minimum atomic E-state index is -3.22. The summed E-state index contributed by atoms with van der Waals surface area (Å²) in [5.74, 6) is 0.382. The number of aromatic amines is 1. The lowest BCUT2D eigenvalue weighted by Gasteiger charge is -2.06.